The molecule has 0 radical (unpaired) electrons. The molecule has 1 aromatic rings. The van der Waals surface area contributed by atoms with Crippen LogP contribution in [0.25, 0.3) is 0 Å². The minimum absolute atomic E-state index is 0.712. The lowest BCUT2D eigenvalue weighted by Crippen LogP contribution is -2.12. The van der Waals surface area contributed by atoms with Crippen LogP contribution in [0.4, 0.5) is 0 Å². The highest BCUT2D eigenvalue weighted by Crippen LogP contribution is 2.27. The smallest absolute Gasteiger partial charge is 0.226 e. The quantitative estimate of drug-likeness (QED) is 0.826. The van der Waals surface area contributed by atoms with Gasteiger partial charge in [-0.25, -0.2) is 0 Å². The van der Waals surface area contributed by atoms with Crippen LogP contribution in [0.1, 0.15) is 57.2 Å². The van der Waals surface area contributed by atoms with Gasteiger partial charge in [0.05, 0.1) is 6.54 Å². The molecule has 0 saturated heterocycles. The first-order valence-corrected chi connectivity index (χ1v) is 6.90. The van der Waals surface area contributed by atoms with Crippen LogP contribution in [0.15, 0.2) is 4.52 Å². The van der Waals surface area contributed by atoms with Crippen LogP contribution in [0.2, 0.25) is 0 Å². The molecule has 1 fully saturated rings. The molecule has 1 aliphatic rings. The second-order valence-electron chi connectivity index (χ2n) is 4.93. The summed E-state index contributed by atoms with van der Waals surface area (Å²) in [6, 6.07) is 0. The first-order chi connectivity index (χ1) is 8.38. The summed E-state index contributed by atoms with van der Waals surface area (Å²) in [7, 11) is 0. The van der Waals surface area contributed by atoms with Gasteiger partial charge >= 0.3 is 0 Å². The molecule has 1 aromatic heterocycles. The Labute approximate surface area is 103 Å². The lowest BCUT2D eigenvalue weighted by atomic mass is 9.86. The molecule has 17 heavy (non-hydrogen) atoms. The molecule has 0 aromatic carbocycles. The molecular weight excluding hydrogens is 214 g/mol. The molecule has 0 aliphatic heterocycles. The topological polar surface area (TPSA) is 51.0 Å². The van der Waals surface area contributed by atoms with Crippen LogP contribution in [0.5, 0.6) is 0 Å². The highest BCUT2D eigenvalue weighted by atomic mass is 16.5. The number of hydrogen-bond acceptors (Lipinski definition) is 4. The summed E-state index contributed by atoms with van der Waals surface area (Å²) >= 11 is 0. The van der Waals surface area contributed by atoms with Crippen molar-refractivity contribution in [3.05, 3.63) is 11.7 Å². The molecule has 96 valence electrons. The van der Waals surface area contributed by atoms with Gasteiger partial charge in [0.2, 0.25) is 5.89 Å². The van der Waals surface area contributed by atoms with Gasteiger partial charge in [-0.15, -0.1) is 0 Å². The minimum atomic E-state index is 0.712. The largest absolute Gasteiger partial charge is 0.339 e. The van der Waals surface area contributed by atoms with E-state index in [1.165, 1.54) is 38.5 Å². The van der Waals surface area contributed by atoms with Gasteiger partial charge in [0.15, 0.2) is 5.82 Å². The summed E-state index contributed by atoms with van der Waals surface area (Å²) in [5, 5.41) is 7.17. The van der Waals surface area contributed by atoms with Crippen molar-refractivity contribution >= 4 is 0 Å². The van der Waals surface area contributed by atoms with Crippen LogP contribution in [0, 0.1) is 5.92 Å². The van der Waals surface area contributed by atoms with Crippen molar-refractivity contribution in [3.8, 4) is 0 Å². The van der Waals surface area contributed by atoms with Gasteiger partial charge in [0.1, 0.15) is 0 Å². The number of hydrogen-bond donors (Lipinski definition) is 1. The van der Waals surface area contributed by atoms with Crippen molar-refractivity contribution in [2.24, 2.45) is 5.92 Å². The average Bonchev–Trinajstić information content (AvgIpc) is 2.83. The van der Waals surface area contributed by atoms with Crippen LogP contribution < -0.4 is 5.32 Å². The summed E-state index contributed by atoms with van der Waals surface area (Å²) in [4.78, 5) is 4.39. The predicted octanol–water partition coefficient (Wildman–Crippen LogP) is 2.69. The van der Waals surface area contributed by atoms with Crippen LogP contribution in [0.3, 0.4) is 0 Å². The molecule has 0 unspecified atom stereocenters. The fourth-order valence-electron chi connectivity index (χ4n) is 2.50. The summed E-state index contributed by atoms with van der Waals surface area (Å²) in [5.41, 5.74) is 0. The molecule has 2 rings (SSSR count). The lowest BCUT2D eigenvalue weighted by molar-refractivity contribution is 0.313. The van der Waals surface area contributed by atoms with Crippen molar-refractivity contribution in [1.82, 2.24) is 15.5 Å². The van der Waals surface area contributed by atoms with Crippen molar-refractivity contribution in [1.29, 1.82) is 0 Å². The van der Waals surface area contributed by atoms with Gasteiger partial charge in [0.25, 0.3) is 0 Å². The average molecular weight is 237 g/mol. The van der Waals surface area contributed by atoms with Crippen molar-refractivity contribution in [2.45, 2.75) is 58.4 Å². The van der Waals surface area contributed by atoms with Crippen LogP contribution >= 0.6 is 0 Å². The van der Waals surface area contributed by atoms with Gasteiger partial charge in [-0.05, 0) is 18.9 Å². The molecule has 1 aliphatic carbocycles. The summed E-state index contributed by atoms with van der Waals surface area (Å²) < 4.78 is 5.25. The molecule has 0 atom stereocenters. The summed E-state index contributed by atoms with van der Waals surface area (Å²) in [6.07, 6.45) is 9.16. The van der Waals surface area contributed by atoms with Crippen LogP contribution in [-0.2, 0) is 13.0 Å². The van der Waals surface area contributed by atoms with E-state index in [4.69, 9.17) is 4.52 Å². The van der Waals surface area contributed by atoms with Crippen molar-refractivity contribution in [2.75, 3.05) is 6.54 Å². The zero-order valence-electron chi connectivity index (χ0n) is 10.7. The molecule has 4 heteroatoms. The minimum Gasteiger partial charge on any atom is -0.339 e. The van der Waals surface area contributed by atoms with E-state index in [0.717, 1.165) is 30.6 Å². The normalized spacial score (nSPS) is 17.5. The standard InChI is InChI=1S/C13H23N3O/c1-2-14-10-12-15-13(17-16-12)9-8-11-6-4-3-5-7-11/h11,14H,2-10H2,1H3. The van der Waals surface area contributed by atoms with E-state index in [-0.39, 0.29) is 0 Å². The third kappa shape index (κ3) is 4.11. The maximum Gasteiger partial charge on any atom is 0.226 e. The molecule has 0 amide bonds. The highest BCUT2D eigenvalue weighted by Gasteiger charge is 2.15. The molecule has 0 bridgehead atoms. The number of nitrogens with zero attached hydrogens (tertiary/aromatic N) is 2. The maximum absolute atomic E-state index is 5.25. The molecular formula is C13H23N3O. The van der Waals surface area contributed by atoms with E-state index in [9.17, 15) is 0 Å². The first kappa shape index (κ1) is 12.6. The summed E-state index contributed by atoms with van der Waals surface area (Å²) in [5.74, 6) is 2.47. The summed E-state index contributed by atoms with van der Waals surface area (Å²) in [6.45, 7) is 3.72. The monoisotopic (exact) mass is 237 g/mol. The van der Waals surface area contributed by atoms with E-state index in [1.807, 2.05) is 0 Å². The Morgan fingerprint density at radius 1 is 1.29 bits per heavy atom. The molecule has 0 spiro atoms. The fraction of sp³-hybridized carbons (Fsp3) is 0.846. The van der Waals surface area contributed by atoms with Gasteiger partial charge in [0, 0.05) is 6.42 Å². The molecule has 1 N–H and O–H groups in total. The van der Waals surface area contributed by atoms with Gasteiger partial charge < -0.3 is 9.84 Å². The van der Waals surface area contributed by atoms with Gasteiger partial charge in [-0.3, -0.25) is 0 Å². The van der Waals surface area contributed by atoms with Crippen LogP contribution in [-0.4, -0.2) is 16.7 Å². The third-order valence-corrected chi connectivity index (χ3v) is 3.53. The molecule has 4 nitrogen and oxygen atoms in total. The van der Waals surface area contributed by atoms with E-state index in [1.54, 1.807) is 0 Å². The number of aromatic nitrogens is 2. The zero-order chi connectivity index (χ0) is 11.9. The zero-order valence-corrected chi connectivity index (χ0v) is 10.7. The van der Waals surface area contributed by atoms with E-state index >= 15 is 0 Å². The number of rotatable bonds is 6. The Morgan fingerprint density at radius 3 is 2.88 bits per heavy atom. The second kappa shape index (κ2) is 6.74. The Kier molecular flexibility index (Phi) is 4.98. The third-order valence-electron chi connectivity index (χ3n) is 3.53. The number of aryl methyl sites for hydroxylation is 1. The van der Waals surface area contributed by atoms with Gasteiger partial charge in [-0.2, -0.15) is 4.98 Å². The van der Waals surface area contributed by atoms with E-state index in [2.05, 4.69) is 22.4 Å². The highest BCUT2D eigenvalue weighted by molar-refractivity contribution is 4.86. The Hall–Kier alpha value is -0.900. The first-order valence-electron chi connectivity index (χ1n) is 6.90. The lowest BCUT2D eigenvalue weighted by Gasteiger charge is -2.20. The fourth-order valence-corrected chi connectivity index (χ4v) is 2.50. The van der Waals surface area contributed by atoms with E-state index < -0.39 is 0 Å². The second-order valence-corrected chi connectivity index (χ2v) is 4.93. The maximum atomic E-state index is 5.25. The predicted molar refractivity (Wildman–Crippen MR) is 66.6 cm³/mol. The Bertz CT molecular complexity index is 318. The SMILES string of the molecule is CCNCc1noc(CCC2CCCCC2)n1. The number of nitrogens with one attached hydrogen (secondary N) is 1. The van der Waals surface area contributed by atoms with Gasteiger partial charge in [-0.1, -0.05) is 44.2 Å². The molecule has 1 saturated carbocycles. The Morgan fingerprint density at radius 2 is 2.12 bits per heavy atom. The van der Waals surface area contributed by atoms with Crippen molar-refractivity contribution in [3.63, 3.8) is 0 Å². The molecule has 1 heterocycles. The van der Waals surface area contributed by atoms with E-state index in [0.29, 0.717) is 6.54 Å². The Balaban J connectivity index is 1.72. The van der Waals surface area contributed by atoms with Crippen molar-refractivity contribution < 1.29 is 4.52 Å².